The second kappa shape index (κ2) is 16.7. The number of anilines is 1. The molecule has 1 aliphatic rings. The van der Waals surface area contributed by atoms with Crippen LogP contribution >= 0.6 is 23.2 Å². The van der Waals surface area contributed by atoms with Gasteiger partial charge in [0.15, 0.2) is 0 Å². The Balaban J connectivity index is 1.61. The highest BCUT2D eigenvalue weighted by atomic mass is 35.5. The topological polar surface area (TPSA) is 86.8 Å². The molecule has 0 spiro atoms. The van der Waals surface area contributed by atoms with Gasteiger partial charge < -0.3 is 10.2 Å². The molecule has 2 amide bonds. The van der Waals surface area contributed by atoms with Gasteiger partial charge in [-0.05, 0) is 67.6 Å². The number of carbonyl (C=O) groups is 2. The van der Waals surface area contributed by atoms with E-state index in [1.807, 2.05) is 56.3 Å². The molecule has 1 fully saturated rings. The van der Waals surface area contributed by atoms with Crippen LogP contribution < -0.4 is 9.62 Å². The van der Waals surface area contributed by atoms with Crippen LogP contribution in [0.4, 0.5) is 5.69 Å². The molecule has 0 aliphatic heterocycles. The molecule has 0 unspecified atom stereocenters. The largest absolute Gasteiger partial charge is 0.352 e. The number of hydrogen-bond acceptors (Lipinski definition) is 4. The summed E-state index contributed by atoms with van der Waals surface area (Å²) in [7, 11) is -4.22. The summed E-state index contributed by atoms with van der Waals surface area (Å²) in [6.07, 6.45) is 5.66. The molecule has 10 heteroatoms. The summed E-state index contributed by atoms with van der Waals surface area (Å²) in [6, 6.07) is 27.3. The second-order valence-corrected chi connectivity index (χ2v) is 15.3. The molecule has 1 N–H and O–H groups in total. The van der Waals surface area contributed by atoms with Crippen LogP contribution in [0.25, 0.3) is 0 Å². The Labute approximate surface area is 300 Å². The summed E-state index contributed by atoms with van der Waals surface area (Å²) in [4.78, 5) is 30.7. The van der Waals surface area contributed by atoms with Crippen molar-refractivity contribution in [3.05, 3.63) is 129 Å². The summed E-state index contributed by atoms with van der Waals surface area (Å²) in [6.45, 7) is 3.18. The zero-order chi connectivity index (χ0) is 35.0. The Bertz CT molecular complexity index is 1830. The molecule has 4 aromatic rings. The Morgan fingerprint density at radius 3 is 2.12 bits per heavy atom. The maximum Gasteiger partial charge on any atom is 0.264 e. The summed E-state index contributed by atoms with van der Waals surface area (Å²) in [5, 5.41) is 3.91. The van der Waals surface area contributed by atoms with Gasteiger partial charge in [-0.25, -0.2) is 8.42 Å². The smallest absolute Gasteiger partial charge is 0.264 e. The van der Waals surface area contributed by atoms with Crippen molar-refractivity contribution >= 4 is 50.7 Å². The van der Waals surface area contributed by atoms with Crippen LogP contribution in [-0.2, 0) is 39.0 Å². The van der Waals surface area contributed by atoms with Crippen LogP contribution in [-0.4, -0.2) is 43.8 Å². The van der Waals surface area contributed by atoms with E-state index in [9.17, 15) is 18.0 Å². The van der Waals surface area contributed by atoms with Gasteiger partial charge in [-0.1, -0.05) is 122 Å². The maximum atomic E-state index is 14.9. The van der Waals surface area contributed by atoms with Crippen molar-refractivity contribution in [2.24, 2.45) is 0 Å². The van der Waals surface area contributed by atoms with Gasteiger partial charge in [0, 0.05) is 34.6 Å². The number of hydrogen-bond donors (Lipinski definition) is 1. The quantitative estimate of drug-likeness (QED) is 0.151. The first kappa shape index (κ1) is 36.4. The molecule has 0 bridgehead atoms. The number of aryl methyl sites for hydroxylation is 2. The number of para-hydroxylation sites is 1. The zero-order valence-corrected chi connectivity index (χ0v) is 30.3. The lowest BCUT2D eigenvalue weighted by Crippen LogP contribution is -2.55. The Hall–Kier alpha value is -3.85. The van der Waals surface area contributed by atoms with E-state index in [4.69, 9.17) is 23.2 Å². The monoisotopic (exact) mass is 719 g/mol. The van der Waals surface area contributed by atoms with Gasteiger partial charge in [0.05, 0.1) is 10.6 Å². The van der Waals surface area contributed by atoms with Gasteiger partial charge in [0.2, 0.25) is 11.8 Å². The SMILES string of the molecule is CCc1ccccc1N(CC(=O)N(Cc1c(Cl)cccc1Cl)[C@H](Cc1ccccc1)C(=O)NC1CCCCC1)S(=O)(=O)c1ccc(C)cc1. The van der Waals surface area contributed by atoms with E-state index in [-0.39, 0.29) is 29.8 Å². The van der Waals surface area contributed by atoms with Crippen molar-refractivity contribution in [2.75, 3.05) is 10.8 Å². The highest BCUT2D eigenvalue weighted by Gasteiger charge is 2.36. The number of amides is 2. The fourth-order valence-electron chi connectivity index (χ4n) is 6.36. The van der Waals surface area contributed by atoms with Crippen LogP contribution in [0.2, 0.25) is 10.0 Å². The first-order chi connectivity index (χ1) is 23.6. The minimum Gasteiger partial charge on any atom is -0.352 e. The molecule has 258 valence electrons. The molecule has 0 saturated heterocycles. The van der Waals surface area contributed by atoms with Gasteiger partial charge in [-0.15, -0.1) is 0 Å². The maximum absolute atomic E-state index is 14.9. The van der Waals surface area contributed by atoms with Gasteiger partial charge in [-0.2, -0.15) is 0 Å². The third kappa shape index (κ3) is 9.04. The van der Waals surface area contributed by atoms with Gasteiger partial charge in [-0.3, -0.25) is 13.9 Å². The van der Waals surface area contributed by atoms with Crippen LogP contribution in [0.1, 0.15) is 61.3 Å². The third-order valence-electron chi connectivity index (χ3n) is 9.14. The molecule has 0 radical (unpaired) electrons. The minimum absolute atomic E-state index is 0.00442. The van der Waals surface area contributed by atoms with E-state index in [1.54, 1.807) is 54.6 Å². The molecule has 49 heavy (non-hydrogen) atoms. The fourth-order valence-corrected chi connectivity index (χ4v) is 8.32. The molecular formula is C39H43Cl2N3O4S. The van der Waals surface area contributed by atoms with Gasteiger partial charge >= 0.3 is 0 Å². The highest BCUT2D eigenvalue weighted by molar-refractivity contribution is 7.92. The van der Waals surface area contributed by atoms with Crippen molar-refractivity contribution in [3.63, 3.8) is 0 Å². The lowest BCUT2D eigenvalue weighted by Gasteiger charge is -2.35. The zero-order valence-electron chi connectivity index (χ0n) is 27.9. The number of halogens is 2. The van der Waals surface area contributed by atoms with Crippen LogP contribution in [0.15, 0.2) is 102 Å². The van der Waals surface area contributed by atoms with Crippen LogP contribution in [0.5, 0.6) is 0 Å². The fraction of sp³-hybridized carbons (Fsp3) is 0.333. The highest BCUT2D eigenvalue weighted by Crippen LogP contribution is 2.31. The number of benzene rings is 4. The summed E-state index contributed by atoms with van der Waals surface area (Å²) in [5.41, 5.74) is 3.41. The molecule has 7 nitrogen and oxygen atoms in total. The van der Waals surface area contributed by atoms with E-state index in [2.05, 4.69) is 5.32 Å². The standard InChI is InChI=1S/C39H43Cl2N3O4S/c1-3-30-15-10-11-20-36(30)44(49(47,48)32-23-21-28(2)22-24-32)27-38(45)43(26-33-34(40)18-12-19-35(33)41)37(25-29-13-6-4-7-14-29)39(46)42-31-16-8-5-9-17-31/h4,6-7,10-15,18-24,31,37H,3,5,8-9,16-17,25-27H2,1-2H3,(H,42,46)/t37-/m1/s1. The predicted molar refractivity (Wildman–Crippen MR) is 197 cm³/mol. The van der Waals surface area contributed by atoms with Crippen molar-refractivity contribution < 1.29 is 18.0 Å². The van der Waals surface area contributed by atoms with Crippen LogP contribution in [0.3, 0.4) is 0 Å². The lowest BCUT2D eigenvalue weighted by molar-refractivity contribution is -0.140. The molecule has 0 heterocycles. The Morgan fingerprint density at radius 2 is 1.47 bits per heavy atom. The van der Waals surface area contributed by atoms with E-state index >= 15 is 0 Å². The number of nitrogens with one attached hydrogen (secondary N) is 1. The number of carbonyl (C=O) groups excluding carboxylic acids is 2. The molecule has 0 aromatic heterocycles. The average molecular weight is 721 g/mol. The minimum atomic E-state index is -4.22. The molecule has 1 saturated carbocycles. The first-order valence-corrected chi connectivity index (χ1v) is 19.0. The summed E-state index contributed by atoms with van der Waals surface area (Å²) >= 11 is 13.3. The second-order valence-electron chi connectivity index (χ2n) is 12.6. The average Bonchev–Trinajstić information content (AvgIpc) is 3.10. The number of rotatable bonds is 13. The van der Waals surface area contributed by atoms with E-state index in [0.717, 1.165) is 48.8 Å². The summed E-state index contributed by atoms with van der Waals surface area (Å²) in [5.74, 6) is -0.855. The summed E-state index contributed by atoms with van der Waals surface area (Å²) < 4.78 is 30.0. The first-order valence-electron chi connectivity index (χ1n) is 16.8. The third-order valence-corrected chi connectivity index (χ3v) is 11.6. The van der Waals surface area contributed by atoms with Crippen molar-refractivity contribution in [1.29, 1.82) is 0 Å². The molecule has 4 aromatic carbocycles. The van der Waals surface area contributed by atoms with Gasteiger partial charge in [0.25, 0.3) is 10.0 Å². The Morgan fingerprint density at radius 1 is 0.837 bits per heavy atom. The Kier molecular flexibility index (Phi) is 12.4. The predicted octanol–water partition coefficient (Wildman–Crippen LogP) is 8.15. The van der Waals surface area contributed by atoms with Crippen molar-refractivity contribution in [2.45, 2.75) is 82.3 Å². The normalized spacial score (nSPS) is 14.2. The van der Waals surface area contributed by atoms with Crippen molar-refractivity contribution in [3.8, 4) is 0 Å². The van der Waals surface area contributed by atoms with Crippen molar-refractivity contribution in [1.82, 2.24) is 10.2 Å². The van der Waals surface area contributed by atoms with E-state index in [1.165, 1.54) is 9.21 Å². The molecule has 5 rings (SSSR count). The number of sulfonamides is 1. The molecule has 1 atom stereocenters. The number of nitrogens with zero attached hydrogens (tertiary/aromatic N) is 2. The lowest BCUT2D eigenvalue weighted by atomic mass is 9.94. The van der Waals surface area contributed by atoms with Crippen LogP contribution in [0, 0.1) is 6.92 Å². The van der Waals surface area contributed by atoms with E-state index in [0.29, 0.717) is 27.7 Å². The molecule has 1 aliphatic carbocycles. The van der Waals surface area contributed by atoms with E-state index < -0.39 is 28.5 Å². The molecular weight excluding hydrogens is 677 g/mol. The van der Waals surface area contributed by atoms with Gasteiger partial charge in [0.1, 0.15) is 12.6 Å².